The number of nitrogens with one attached hydrogen (secondary N) is 1. The molecule has 0 saturated carbocycles. The third-order valence-electron chi connectivity index (χ3n) is 3.25. The van der Waals surface area contributed by atoms with Gasteiger partial charge < -0.3 is 19.5 Å². The molecule has 0 aliphatic carbocycles. The quantitative estimate of drug-likeness (QED) is 0.677. The fourth-order valence-corrected chi connectivity index (χ4v) is 2.39. The van der Waals surface area contributed by atoms with Crippen molar-refractivity contribution in [2.45, 2.75) is 33.3 Å². The Kier molecular flexibility index (Phi) is 8.04. The summed E-state index contributed by atoms with van der Waals surface area (Å²) in [7, 11) is 3.06. The van der Waals surface area contributed by atoms with Crippen molar-refractivity contribution in [2.75, 3.05) is 20.8 Å². The fourth-order valence-electron chi connectivity index (χ4n) is 1.93. The van der Waals surface area contributed by atoms with Gasteiger partial charge in [-0.1, -0.05) is 29.8 Å². The normalized spacial score (nSPS) is 11.8. The largest absolute Gasteiger partial charge is 0.493 e. The van der Waals surface area contributed by atoms with E-state index >= 15 is 0 Å². The smallest absolute Gasteiger partial charge is 0.311 e. The van der Waals surface area contributed by atoms with Crippen LogP contribution >= 0.6 is 15.9 Å². The summed E-state index contributed by atoms with van der Waals surface area (Å²) in [6.45, 7) is 6.08. The molecule has 6 nitrogen and oxygen atoms in total. The lowest BCUT2D eigenvalue weighted by Crippen LogP contribution is -2.37. The molecule has 0 fully saturated rings. The van der Waals surface area contributed by atoms with Crippen LogP contribution in [-0.2, 0) is 20.7 Å². The van der Waals surface area contributed by atoms with Crippen molar-refractivity contribution in [3.8, 4) is 11.5 Å². The van der Waals surface area contributed by atoms with E-state index in [9.17, 15) is 9.59 Å². The molecule has 0 aromatic heterocycles. The van der Waals surface area contributed by atoms with Gasteiger partial charge in [0.25, 0.3) is 5.91 Å². The van der Waals surface area contributed by atoms with Gasteiger partial charge in [-0.3, -0.25) is 9.59 Å². The van der Waals surface area contributed by atoms with Crippen molar-refractivity contribution < 1.29 is 23.8 Å². The van der Waals surface area contributed by atoms with Gasteiger partial charge in [-0.2, -0.15) is 0 Å². The molecule has 7 heteroatoms. The maximum atomic E-state index is 12.1. The van der Waals surface area contributed by atoms with Crippen LogP contribution in [0.15, 0.2) is 16.6 Å². The second-order valence-electron chi connectivity index (χ2n) is 5.75. The molecule has 24 heavy (non-hydrogen) atoms. The molecule has 1 aromatic carbocycles. The molecule has 1 N–H and O–H groups in total. The lowest BCUT2D eigenvalue weighted by atomic mass is 10.1. The van der Waals surface area contributed by atoms with E-state index in [0.29, 0.717) is 34.0 Å². The number of hydrogen-bond donors (Lipinski definition) is 1. The molecule has 0 heterocycles. The third-order valence-corrected chi connectivity index (χ3v) is 3.99. The fraction of sp³-hybridized carbons (Fsp3) is 0.529. The molecule has 0 spiro atoms. The molecular formula is C17H24BrNO5. The van der Waals surface area contributed by atoms with Crippen LogP contribution in [0, 0.1) is 5.92 Å². The molecule has 1 amide bonds. The lowest BCUT2D eigenvalue weighted by molar-refractivity contribution is -0.154. The predicted molar refractivity (Wildman–Crippen MR) is 94.4 cm³/mol. The van der Waals surface area contributed by atoms with Gasteiger partial charge in [0, 0.05) is 11.0 Å². The maximum Gasteiger partial charge on any atom is 0.311 e. The minimum Gasteiger partial charge on any atom is -0.493 e. The highest BCUT2D eigenvalue weighted by Crippen LogP contribution is 2.33. The Morgan fingerprint density at radius 2 is 1.71 bits per heavy atom. The minimum absolute atomic E-state index is 0.0166. The summed E-state index contributed by atoms with van der Waals surface area (Å²) in [5.41, 5.74) is 0.687. The standard InChI is InChI=1S/C17H24BrNO5/c1-10(2)9-19-17(21)11(3)24-16(20)7-12-6-14(22-4)15(23-5)8-13(12)18/h6,8,10-11H,7,9H2,1-5H3,(H,19,21)/t11-/m1/s1. The highest BCUT2D eigenvalue weighted by Gasteiger charge is 2.19. The minimum atomic E-state index is -0.838. The number of benzene rings is 1. The first-order valence-corrected chi connectivity index (χ1v) is 8.45. The van der Waals surface area contributed by atoms with Crippen LogP contribution in [0.2, 0.25) is 0 Å². The predicted octanol–water partition coefficient (Wildman–Crippen LogP) is 2.71. The van der Waals surface area contributed by atoms with Gasteiger partial charge in [0.2, 0.25) is 0 Å². The van der Waals surface area contributed by atoms with Gasteiger partial charge >= 0.3 is 5.97 Å². The third kappa shape index (κ3) is 6.03. The number of methoxy groups -OCH3 is 2. The number of ether oxygens (including phenoxy) is 3. The van der Waals surface area contributed by atoms with E-state index in [2.05, 4.69) is 21.2 Å². The number of amides is 1. The van der Waals surface area contributed by atoms with Crippen LogP contribution in [0.3, 0.4) is 0 Å². The molecule has 1 aromatic rings. The Bertz CT molecular complexity index is 589. The molecule has 1 atom stereocenters. The van der Waals surface area contributed by atoms with E-state index in [1.807, 2.05) is 13.8 Å². The van der Waals surface area contributed by atoms with Crippen LogP contribution in [0.5, 0.6) is 11.5 Å². The van der Waals surface area contributed by atoms with Crippen molar-refractivity contribution in [1.82, 2.24) is 5.32 Å². The number of rotatable bonds is 8. The van der Waals surface area contributed by atoms with E-state index in [4.69, 9.17) is 14.2 Å². The van der Waals surface area contributed by atoms with Gasteiger partial charge in [0.05, 0.1) is 20.6 Å². The second kappa shape index (κ2) is 9.52. The molecule has 0 radical (unpaired) electrons. The van der Waals surface area contributed by atoms with Gasteiger partial charge in [-0.05, 0) is 30.5 Å². The van der Waals surface area contributed by atoms with Gasteiger partial charge in [0.15, 0.2) is 17.6 Å². The molecule has 1 rings (SSSR count). The van der Waals surface area contributed by atoms with Crippen LogP contribution in [0.1, 0.15) is 26.3 Å². The molecular weight excluding hydrogens is 378 g/mol. The first kappa shape index (κ1) is 20.3. The molecule has 0 bridgehead atoms. The Morgan fingerprint density at radius 1 is 1.12 bits per heavy atom. The summed E-state index contributed by atoms with van der Waals surface area (Å²) < 4.78 is 16.3. The number of halogens is 1. The Labute approximate surface area is 151 Å². The first-order chi connectivity index (χ1) is 11.3. The summed E-state index contributed by atoms with van der Waals surface area (Å²) >= 11 is 3.39. The Balaban J connectivity index is 2.69. The number of esters is 1. The molecule has 0 aliphatic heterocycles. The summed E-state index contributed by atoms with van der Waals surface area (Å²) in [6, 6.07) is 3.42. The highest BCUT2D eigenvalue weighted by atomic mass is 79.9. The number of hydrogen-bond acceptors (Lipinski definition) is 5. The number of carbonyl (C=O) groups is 2. The zero-order chi connectivity index (χ0) is 18.3. The summed E-state index contributed by atoms with van der Waals surface area (Å²) in [5.74, 6) is 0.618. The highest BCUT2D eigenvalue weighted by molar-refractivity contribution is 9.10. The van der Waals surface area contributed by atoms with Crippen LogP contribution in [-0.4, -0.2) is 38.7 Å². The van der Waals surface area contributed by atoms with Crippen molar-refractivity contribution >= 4 is 27.8 Å². The van der Waals surface area contributed by atoms with Crippen molar-refractivity contribution in [2.24, 2.45) is 5.92 Å². The van der Waals surface area contributed by atoms with E-state index in [0.717, 1.165) is 0 Å². The SMILES string of the molecule is COc1cc(Br)c(CC(=O)O[C@H](C)C(=O)NCC(C)C)cc1OC. The first-order valence-electron chi connectivity index (χ1n) is 7.66. The Morgan fingerprint density at radius 3 is 2.25 bits per heavy atom. The monoisotopic (exact) mass is 401 g/mol. The molecule has 0 unspecified atom stereocenters. The average Bonchev–Trinajstić information content (AvgIpc) is 2.53. The summed E-state index contributed by atoms with van der Waals surface area (Å²) in [4.78, 5) is 23.9. The molecule has 0 aliphatic rings. The van der Waals surface area contributed by atoms with Gasteiger partial charge in [-0.25, -0.2) is 0 Å². The lowest BCUT2D eigenvalue weighted by Gasteiger charge is -2.15. The molecule has 134 valence electrons. The van der Waals surface area contributed by atoms with Crippen molar-refractivity contribution in [3.05, 3.63) is 22.2 Å². The maximum absolute atomic E-state index is 12.1. The Hall–Kier alpha value is -1.76. The van der Waals surface area contributed by atoms with E-state index < -0.39 is 12.1 Å². The van der Waals surface area contributed by atoms with Crippen molar-refractivity contribution in [1.29, 1.82) is 0 Å². The van der Waals surface area contributed by atoms with Gasteiger partial charge in [-0.15, -0.1) is 0 Å². The van der Waals surface area contributed by atoms with Crippen LogP contribution in [0.4, 0.5) is 0 Å². The van der Waals surface area contributed by atoms with E-state index in [1.54, 1.807) is 19.1 Å². The summed E-state index contributed by atoms with van der Waals surface area (Å²) in [5, 5.41) is 2.73. The topological polar surface area (TPSA) is 73.9 Å². The summed E-state index contributed by atoms with van der Waals surface area (Å²) in [6.07, 6.45) is -0.821. The zero-order valence-electron chi connectivity index (χ0n) is 14.6. The van der Waals surface area contributed by atoms with Gasteiger partial charge in [0.1, 0.15) is 0 Å². The molecule has 0 saturated heterocycles. The van der Waals surface area contributed by atoms with Crippen LogP contribution in [0.25, 0.3) is 0 Å². The van der Waals surface area contributed by atoms with Crippen LogP contribution < -0.4 is 14.8 Å². The van der Waals surface area contributed by atoms with E-state index in [1.165, 1.54) is 14.2 Å². The van der Waals surface area contributed by atoms with E-state index in [-0.39, 0.29) is 12.3 Å². The van der Waals surface area contributed by atoms with Crippen molar-refractivity contribution in [3.63, 3.8) is 0 Å². The second-order valence-corrected chi connectivity index (χ2v) is 6.60. The zero-order valence-corrected chi connectivity index (χ0v) is 16.2. The number of carbonyl (C=O) groups excluding carboxylic acids is 2. The average molecular weight is 402 g/mol.